The fourth-order valence-corrected chi connectivity index (χ4v) is 2.88. The molecule has 0 spiro atoms. The van der Waals surface area contributed by atoms with Gasteiger partial charge >= 0.3 is 6.18 Å². The predicted octanol–water partition coefficient (Wildman–Crippen LogP) is 3.54. The van der Waals surface area contributed by atoms with Gasteiger partial charge < -0.3 is 10.1 Å². The highest BCUT2D eigenvalue weighted by Crippen LogP contribution is 2.35. The van der Waals surface area contributed by atoms with Gasteiger partial charge in [-0.15, -0.1) is 11.3 Å². The van der Waals surface area contributed by atoms with Crippen LogP contribution in [0.3, 0.4) is 0 Å². The summed E-state index contributed by atoms with van der Waals surface area (Å²) in [6, 6.07) is 6.03. The smallest absolute Gasteiger partial charge is 0.325 e. The van der Waals surface area contributed by atoms with Crippen molar-refractivity contribution in [2.45, 2.75) is 12.7 Å². The summed E-state index contributed by atoms with van der Waals surface area (Å²) in [6.45, 7) is 0.121. The number of imidazole rings is 1. The molecule has 7 heteroatoms. The molecule has 3 aromatic rings. The Labute approximate surface area is 116 Å². The maximum absolute atomic E-state index is 13.0. The standard InChI is InChI=1S/C13H10F3N3S/c14-13(15,16)8-3-1-5-19-9(7-17)11(18-12(8)19)10-4-2-6-20-10/h1-6H,7,17H2. The van der Waals surface area contributed by atoms with Crippen molar-refractivity contribution in [2.24, 2.45) is 5.73 Å². The number of alkyl halides is 3. The van der Waals surface area contributed by atoms with E-state index in [2.05, 4.69) is 4.98 Å². The molecule has 0 saturated carbocycles. The van der Waals surface area contributed by atoms with Crippen LogP contribution < -0.4 is 5.73 Å². The Balaban J connectivity index is 2.34. The fraction of sp³-hybridized carbons (Fsp3) is 0.154. The molecule has 0 saturated heterocycles. The average Bonchev–Trinajstić information content (AvgIpc) is 3.03. The van der Waals surface area contributed by atoms with E-state index in [4.69, 9.17) is 5.73 Å². The number of aromatic nitrogens is 2. The Morgan fingerprint density at radius 3 is 2.65 bits per heavy atom. The van der Waals surface area contributed by atoms with Crippen molar-refractivity contribution in [3.8, 4) is 10.6 Å². The van der Waals surface area contributed by atoms with E-state index in [-0.39, 0.29) is 12.2 Å². The van der Waals surface area contributed by atoms with Crippen LogP contribution in [0.15, 0.2) is 35.8 Å². The van der Waals surface area contributed by atoms with Crippen LogP contribution in [0, 0.1) is 0 Å². The third-order valence-electron chi connectivity index (χ3n) is 3.00. The molecular weight excluding hydrogens is 287 g/mol. The highest BCUT2D eigenvalue weighted by Gasteiger charge is 2.34. The van der Waals surface area contributed by atoms with Crippen LogP contribution in [0.25, 0.3) is 16.2 Å². The second-order valence-corrected chi connectivity index (χ2v) is 5.15. The van der Waals surface area contributed by atoms with Gasteiger partial charge in [0.25, 0.3) is 0 Å². The van der Waals surface area contributed by atoms with Crippen LogP contribution in [-0.2, 0) is 12.7 Å². The Morgan fingerprint density at radius 1 is 1.25 bits per heavy atom. The van der Waals surface area contributed by atoms with Gasteiger partial charge in [0, 0.05) is 12.7 Å². The number of nitrogens with two attached hydrogens (primary N) is 1. The van der Waals surface area contributed by atoms with E-state index in [1.54, 1.807) is 6.20 Å². The molecule has 3 aromatic heterocycles. The van der Waals surface area contributed by atoms with Gasteiger partial charge in [-0.3, -0.25) is 0 Å². The number of halogens is 3. The predicted molar refractivity (Wildman–Crippen MR) is 71.4 cm³/mol. The molecule has 0 fully saturated rings. The summed E-state index contributed by atoms with van der Waals surface area (Å²) >= 11 is 1.42. The summed E-state index contributed by atoms with van der Waals surface area (Å²) in [6.07, 6.45) is -2.89. The molecule has 0 unspecified atom stereocenters. The van der Waals surface area contributed by atoms with Gasteiger partial charge in [-0.05, 0) is 23.6 Å². The van der Waals surface area contributed by atoms with E-state index in [1.165, 1.54) is 21.8 Å². The quantitative estimate of drug-likeness (QED) is 0.786. The lowest BCUT2D eigenvalue weighted by Gasteiger charge is -2.08. The van der Waals surface area contributed by atoms with Crippen LogP contribution in [-0.4, -0.2) is 9.38 Å². The Hall–Kier alpha value is -1.86. The number of rotatable bonds is 2. The van der Waals surface area contributed by atoms with Crippen molar-refractivity contribution in [1.29, 1.82) is 0 Å². The van der Waals surface area contributed by atoms with E-state index >= 15 is 0 Å². The van der Waals surface area contributed by atoms with E-state index in [9.17, 15) is 13.2 Å². The fourth-order valence-electron chi connectivity index (χ4n) is 2.14. The van der Waals surface area contributed by atoms with Crippen molar-refractivity contribution in [3.63, 3.8) is 0 Å². The molecule has 0 aliphatic carbocycles. The van der Waals surface area contributed by atoms with E-state index in [0.29, 0.717) is 11.4 Å². The summed E-state index contributed by atoms with van der Waals surface area (Å²) in [7, 11) is 0. The second kappa shape index (κ2) is 4.60. The van der Waals surface area contributed by atoms with Crippen molar-refractivity contribution in [1.82, 2.24) is 9.38 Å². The maximum atomic E-state index is 13.0. The van der Waals surface area contributed by atoms with Crippen molar-refractivity contribution in [3.05, 3.63) is 47.1 Å². The van der Waals surface area contributed by atoms with Gasteiger partial charge in [0.05, 0.1) is 16.1 Å². The van der Waals surface area contributed by atoms with Crippen molar-refractivity contribution in [2.75, 3.05) is 0 Å². The molecule has 0 aromatic carbocycles. The first-order valence-corrected chi connectivity index (χ1v) is 6.71. The Morgan fingerprint density at radius 2 is 2.05 bits per heavy atom. The third-order valence-corrected chi connectivity index (χ3v) is 3.88. The molecule has 3 heterocycles. The lowest BCUT2D eigenvalue weighted by atomic mass is 10.2. The van der Waals surface area contributed by atoms with Gasteiger partial charge in [0.2, 0.25) is 0 Å². The van der Waals surface area contributed by atoms with Crippen molar-refractivity contribution < 1.29 is 13.2 Å². The van der Waals surface area contributed by atoms with Crippen LogP contribution in [0.1, 0.15) is 11.3 Å². The van der Waals surface area contributed by atoms with Crippen LogP contribution in [0.4, 0.5) is 13.2 Å². The Kier molecular flexibility index (Phi) is 3.02. The molecule has 0 atom stereocenters. The van der Waals surface area contributed by atoms with Gasteiger partial charge in [-0.2, -0.15) is 13.2 Å². The van der Waals surface area contributed by atoms with E-state index < -0.39 is 11.7 Å². The van der Waals surface area contributed by atoms with E-state index in [0.717, 1.165) is 10.9 Å². The summed E-state index contributed by atoms with van der Waals surface area (Å²) in [5.41, 5.74) is 5.92. The lowest BCUT2D eigenvalue weighted by molar-refractivity contribution is -0.136. The number of hydrogen-bond donors (Lipinski definition) is 1. The van der Waals surface area contributed by atoms with Crippen LogP contribution in [0.2, 0.25) is 0 Å². The first kappa shape index (κ1) is 13.1. The lowest BCUT2D eigenvalue weighted by Crippen LogP contribution is -2.08. The van der Waals surface area contributed by atoms with E-state index in [1.807, 2.05) is 17.5 Å². The first-order valence-electron chi connectivity index (χ1n) is 5.83. The summed E-state index contributed by atoms with van der Waals surface area (Å²) < 4.78 is 40.5. The second-order valence-electron chi connectivity index (χ2n) is 4.20. The average molecular weight is 297 g/mol. The molecule has 0 aliphatic heterocycles. The molecular formula is C13H10F3N3S. The largest absolute Gasteiger partial charge is 0.419 e. The minimum Gasteiger partial charge on any atom is -0.325 e. The highest BCUT2D eigenvalue weighted by atomic mass is 32.1. The zero-order chi connectivity index (χ0) is 14.3. The van der Waals surface area contributed by atoms with Gasteiger partial charge in [-0.25, -0.2) is 4.98 Å². The highest BCUT2D eigenvalue weighted by molar-refractivity contribution is 7.13. The number of fused-ring (bicyclic) bond motifs is 1. The first-order chi connectivity index (χ1) is 9.52. The molecule has 3 nitrogen and oxygen atoms in total. The van der Waals surface area contributed by atoms with Gasteiger partial charge in [0.15, 0.2) is 0 Å². The monoisotopic (exact) mass is 297 g/mol. The molecule has 104 valence electrons. The molecule has 0 aliphatic rings. The summed E-state index contributed by atoms with van der Waals surface area (Å²) in [4.78, 5) is 4.97. The normalized spacial score (nSPS) is 12.2. The minimum atomic E-state index is -4.44. The third kappa shape index (κ3) is 1.99. The summed E-state index contributed by atoms with van der Waals surface area (Å²) in [5, 5.41) is 1.85. The molecule has 2 N–H and O–H groups in total. The SMILES string of the molecule is NCc1c(-c2cccs2)nc2c(C(F)(F)F)cccn12. The number of thiophene rings is 1. The zero-order valence-corrected chi connectivity index (χ0v) is 11.0. The Bertz CT molecular complexity index is 744. The van der Waals surface area contributed by atoms with Crippen LogP contribution >= 0.6 is 11.3 Å². The van der Waals surface area contributed by atoms with Crippen LogP contribution in [0.5, 0.6) is 0 Å². The minimum absolute atomic E-state index is 0.108. The van der Waals surface area contributed by atoms with Gasteiger partial charge in [-0.1, -0.05) is 6.07 Å². The molecule has 0 radical (unpaired) electrons. The maximum Gasteiger partial charge on any atom is 0.419 e. The number of pyridine rings is 1. The molecule has 0 amide bonds. The molecule has 0 bridgehead atoms. The topological polar surface area (TPSA) is 43.3 Å². The molecule has 20 heavy (non-hydrogen) atoms. The summed E-state index contributed by atoms with van der Waals surface area (Å²) in [5.74, 6) is 0. The number of nitrogens with zero attached hydrogens (tertiary/aromatic N) is 2. The number of hydrogen-bond acceptors (Lipinski definition) is 3. The molecule has 3 rings (SSSR count). The zero-order valence-electron chi connectivity index (χ0n) is 10.2. The van der Waals surface area contributed by atoms with Gasteiger partial charge in [0.1, 0.15) is 11.3 Å². The van der Waals surface area contributed by atoms with Crippen molar-refractivity contribution >= 4 is 17.0 Å².